The van der Waals surface area contributed by atoms with Gasteiger partial charge in [0.25, 0.3) is 0 Å². The second kappa shape index (κ2) is 7.55. The highest BCUT2D eigenvalue weighted by molar-refractivity contribution is 7.99. The molecule has 0 radical (unpaired) electrons. The number of hydrogen-bond donors (Lipinski definition) is 2. The molecule has 0 heterocycles. The molecular formula is C13H19NO3S2. The third kappa shape index (κ3) is 4.87. The molecule has 0 bridgehead atoms. The summed E-state index contributed by atoms with van der Waals surface area (Å²) in [6, 6.07) is 5.36. The molecule has 0 aromatic heterocycles. The van der Waals surface area contributed by atoms with Crippen LogP contribution in [0.4, 0.5) is 5.69 Å². The number of thioether (sulfide) groups is 1. The Balaban J connectivity index is 3.02. The minimum Gasteiger partial charge on any atom is -0.478 e. The monoisotopic (exact) mass is 301 g/mol. The fourth-order valence-corrected chi connectivity index (χ4v) is 3.42. The van der Waals surface area contributed by atoms with Gasteiger partial charge in [-0.3, -0.25) is 4.21 Å². The van der Waals surface area contributed by atoms with Crippen LogP contribution >= 0.6 is 11.8 Å². The smallest absolute Gasteiger partial charge is 0.338 e. The van der Waals surface area contributed by atoms with Crippen LogP contribution in [0.5, 0.6) is 0 Å². The number of anilines is 1. The van der Waals surface area contributed by atoms with Crippen molar-refractivity contribution in [3.8, 4) is 0 Å². The van der Waals surface area contributed by atoms with Gasteiger partial charge in [-0.2, -0.15) is 0 Å². The first kappa shape index (κ1) is 16.0. The van der Waals surface area contributed by atoms with E-state index in [0.29, 0.717) is 17.0 Å². The van der Waals surface area contributed by atoms with E-state index in [-0.39, 0.29) is 6.04 Å². The van der Waals surface area contributed by atoms with Gasteiger partial charge in [0.15, 0.2) is 0 Å². The lowest BCUT2D eigenvalue weighted by Gasteiger charge is -2.17. The van der Waals surface area contributed by atoms with Gasteiger partial charge in [-0.25, -0.2) is 4.79 Å². The number of hydrogen-bond acceptors (Lipinski definition) is 4. The van der Waals surface area contributed by atoms with Crippen LogP contribution in [-0.4, -0.2) is 39.1 Å². The molecule has 2 N–H and O–H groups in total. The Hall–Kier alpha value is -1.01. The Morgan fingerprint density at radius 1 is 1.53 bits per heavy atom. The van der Waals surface area contributed by atoms with Crippen LogP contribution < -0.4 is 5.32 Å². The summed E-state index contributed by atoms with van der Waals surface area (Å²) in [7, 11) is -0.911. The van der Waals surface area contributed by atoms with Gasteiger partial charge in [-0.15, -0.1) is 11.8 Å². The zero-order chi connectivity index (χ0) is 14.4. The van der Waals surface area contributed by atoms with E-state index in [1.54, 1.807) is 12.3 Å². The van der Waals surface area contributed by atoms with Crippen molar-refractivity contribution in [1.82, 2.24) is 0 Å². The van der Waals surface area contributed by atoms with Crippen molar-refractivity contribution in [2.24, 2.45) is 0 Å². The standard InChI is InChI=1S/C13H19NO3S2/c1-4-18-11-7-5-6-10(12(11)13(15)16)14-9(2)8-19(3)17/h5-7,9,14H,4,8H2,1-3H3,(H,15,16). The number of nitrogens with one attached hydrogen (secondary N) is 1. The number of rotatable bonds is 7. The van der Waals surface area contributed by atoms with Crippen molar-refractivity contribution in [3.05, 3.63) is 23.8 Å². The quantitative estimate of drug-likeness (QED) is 0.758. The fourth-order valence-electron chi connectivity index (χ4n) is 1.81. The summed E-state index contributed by atoms with van der Waals surface area (Å²) >= 11 is 1.50. The third-order valence-corrected chi connectivity index (χ3v) is 4.34. The molecule has 2 atom stereocenters. The molecule has 4 nitrogen and oxygen atoms in total. The Kier molecular flexibility index (Phi) is 6.37. The van der Waals surface area contributed by atoms with Crippen molar-refractivity contribution in [2.75, 3.05) is 23.1 Å². The summed E-state index contributed by atoms with van der Waals surface area (Å²) in [6.45, 7) is 3.88. The molecule has 19 heavy (non-hydrogen) atoms. The van der Waals surface area contributed by atoms with Gasteiger partial charge in [0.1, 0.15) is 0 Å². The van der Waals surface area contributed by atoms with Crippen molar-refractivity contribution >= 4 is 34.2 Å². The Labute approximate surface area is 120 Å². The highest BCUT2D eigenvalue weighted by atomic mass is 32.2. The summed E-state index contributed by atoms with van der Waals surface area (Å²) in [6.07, 6.45) is 1.64. The lowest BCUT2D eigenvalue weighted by atomic mass is 10.1. The maximum absolute atomic E-state index is 11.4. The van der Waals surface area contributed by atoms with Gasteiger partial charge in [0.2, 0.25) is 0 Å². The summed E-state index contributed by atoms with van der Waals surface area (Å²) in [5.74, 6) is 0.367. The van der Waals surface area contributed by atoms with Gasteiger partial charge in [-0.1, -0.05) is 13.0 Å². The Morgan fingerprint density at radius 2 is 2.21 bits per heavy atom. The lowest BCUT2D eigenvalue weighted by molar-refractivity contribution is 0.0694. The maximum atomic E-state index is 11.4. The van der Waals surface area contributed by atoms with Crippen molar-refractivity contribution < 1.29 is 14.1 Å². The van der Waals surface area contributed by atoms with Crippen molar-refractivity contribution in [3.63, 3.8) is 0 Å². The average Bonchev–Trinajstić information content (AvgIpc) is 2.27. The minimum atomic E-state index is -0.941. The first-order valence-corrected chi connectivity index (χ1v) is 8.72. The van der Waals surface area contributed by atoms with Gasteiger partial charge >= 0.3 is 5.97 Å². The van der Waals surface area contributed by atoms with Crippen LogP contribution in [0.3, 0.4) is 0 Å². The number of carbonyl (C=O) groups is 1. The summed E-state index contributed by atoms with van der Waals surface area (Å²) in [4.78, 5) is 12.2. The number of carboxylic acid groups (broad SMARTS) is 1. The molecule has 1 rings (SSSR count). The molecule has 1 aromatic rings. The summed E-state index contributed by atoms with van der Waals surface area (Å²) in [5, 5.41) is 12.5. The zero-order valence-electron chi connectivity index (χ0n) is 11.3. The van der Waals surface area contributed by atoms with Crippen LogP contribution in [0.25, 0.3) is 0 Å². The highest BCUT2D eigenvalue weighted by Crippen LogP contribution is 2.29. The Bertz CT molecular complexity index is 477. The van der Waals surface area contributed by atoms with Gasteiger partial charge in [-0.05, 0) is 24.8 Å². The molecule has 0 fully saturated rings. The number of carboxylic acids is 1. The first-order valence-electron chi connectivity index (χ1n) is 6.01. The Morgan fingerprint density at radius 3 is 2.74 bits per heavy atom. The molecule has 0 aliphatic carbocycles. The first-order chi connectivity index (χ1) is 8.95. The lowest BCUT2D eigenvalue weighted by Crippen LogP contribution is -2.23. The van der Waals surface area contributed by atoms with Crippen LogP contribution in [0.1, 0.15) is 24.2 Å². The van der Waals surface area contributed by atoms with E-state index in [1.165, 1.54) is 11.8 Å². The summed E-state index contributed by atoms with van der Waals surface area (Å²) in [5.41, 5.74) is 0.881. The molecule has 0 spiro atoms. The van der Waals surface area contributed by atoms with Gasteiger partial charge in [0, 0.05) is 33.7 Å². The third-order valence-electron chi connectivity index (χ3n) is 2.43. The molecule has 106 valence electrons. The molecule has 0 saturated carbocycles. The van der Waals surface area contributed by atoms with E-state index in [2.05, 4.69) is 5.32 Å². The number of benzene rings is 1. The highest BCUT2D eigenvalue weighted by Gasteiger charge is 2.17. The molecule has 2 unspecified atom stereocenters. The van der Waals surface area contributed by atoms with Crippen molar-refractivity contribution in [2.45, 2.75) is 24.8 Å². The normalized spacial score (nSPS) is 13.8. The van der Waals surface area contributed by atoms with Crippen LogP contribution in [0.2, 0.25) is 0 Å². The molecule has 0 aliphatic heterocycles. The predicted octanol–water partition coefficient (Wildman–Crippen LogP) is 2.68. The molecule has 0 saturated heterocycles. The molecule has 1 aromatic carbocycles. The predicted molar refractivity (Wildman–Crippen MR) is 81.8 cm³/mol. The van der Waals surface area contributed by atoms with Gasteiger partial charge < -0.3 is 10.4 Å². The molecule has 6 heteroatoms. The molecular weight excluding hydrogens is 282 g/mol. The van der Waals surface area contributed by atoms with E-state index < -0.39 is 16.8 Å². The fraction of sp³-hybridized carbons (Fsp3) is 0.462. The zero-order valence-corrected chi connectivity index (χ0v) is 12.9. The van der Waals surface area contributed by atoms with Gasteiger partial charge in [0.05, 0.1) is 11.3 Å². The van der Waals surface area contributed by atoms with Crippen molar-refractivity contribution in [1.29, 1.82) is 0 Å². The molecule has 0 aliphatic rings. The molecule has 0 amide bonds. The van der Waals surface area contributed by atoms with Crippen LogP contribution in [0.15, 0.2) is 23.1 Å². The van der Waals surface area contributed by atoms with Crippen LogP contribution in [-0.2, 0) is 10.8 Å². The number of aromatic carboxylic acids is 1. The second-order valence-electron chi connectivity index (χ2n) is 4.20. The van der Waals surface area contributed by atoms with E-state index >= 15 is 0 Å². The largest absolute Gasteiger partial charge is 0.478 e. The van der Waals surface area contributed by atoms with E-state index in [0.717, 1.165) is 10.6 Å². The average molecular weight is 301 g/mol. The summed E-state index contributed by atoms with van der Waals surface area (Å²) < 4.78 is 11.2. The second-order valence-corrected chi connectivity index (χ2v) is 6.99. The maximum Gasteiger partial charge on any atom is 0.338 e. The van der Waals surface area contributed by atoms with E-state index in [1.807, 2.05) is 26.0 Å². The van der Waals surface area contributed by atoms with E-state index in [4.69, 9.17) is 0 Å². The SMILES string of the molecule is CCSc1cccc(NC(C)CS(C)=O)c1C(=O)O. The van der Waals surface area contributed by atoms with E-state index in [9.17, 15) is 14.1 Å². The topological polar surface area (TPSA) is 66.4 Å². The van der Waals surface area contributed by atoms with Crippen LogP contribution in [0, 0.1) is 0 Å². The minimum absolute atomic E-state index is 0.0363.